The first kappa shape index (κ1) is 26.6. The molecule has 1 aliphatic carbocycles. The van der Waals surface area contributed by atoms with Crippen LogP contribution in [0.4, 0.5) is 8.78 Å². The molecule has 1 aliphatic rings. The summed E-state index contributed by atoms with van der Waals surface area (Å²) in [5.41, 5.74) is -0.231. The molecule has 35 heavy (non-hydrogen) atoms. The number of carbonyl (C=O) groups is 2. The van der Waals surface area contributed by atoms with Gasteiger partial charge in [-0.15, -0.1) is 11.3 Å². The Balaban J connectivity index is 1.95. The molecule has 1 aromatic heterocycles. The number of ether oxygens (including phenoxy) is 2. The normalized spacial score (nSPS) is 16.1. The number of hydrogen-bond acceptors (Lipinski definition) is 6. The first-order chi connectivity index (χ1) is 16.9. The number of rotatable bonds is 8. The van der Waals surface area contributed by atoms with Gasteiger partial charge in [0.15, 0.2) is 0 Å². The minimum Gasteiger partial charge on any atom is -0.463 e. The number of amides is 1. The van der Waals surface area contributed by atoms with Gasteiger partial charge in [-0.2, -0.15) is 8.78 Å². The molecule has 190 valence electrons. The Hall–Kier alpha value is -3.01. The van der Waals surface area contributed by atoms with Crippen LogP contribution in [0, 0.1) is 0 Å². The van der Waals surface area contributed by atoms with E-state index in [1.165, 1.54) is 29.2 Å². The molecule has 3 rings (SSSR count). The van der Waals surface area contributed by atoms with Crippen molar-refractivity contribution in [2.75, 3.05) is 6.61 Å². The number of nitrogens with zero attached hydrogens (tertiary/aromatic N) is 1. The number of para-hydroxylation sites is 1. The van der Waals surface area contributed by atoms with E-state index in [0.717, 1.165) is 55.9 Å². The van der Waals surface area contributed by atoms with E-state index in [-0.39, 0.29) is 45.6 Å². The predicted octanol–water partition coefficient (Wildman–Crippen LogP) is 2.91. The first-order valence-corrected chi connectivity index (χ1v) is 12.6. The van der Waals surface area contributed by atoms with Crippen LogP contribution >= 0.6 is 11.3 Å². The summed E-state index contributed by atoms with van der Waals surface area (Å²) in [4.78, 5) is 38.1. The van der Waals surface area contributed by atoms with Crippen LogP contribution in [0.3, 0.4) is 0 Å². The Morgan fingerprint density at radius 2 is 1.86 bits per heavy atom. The number of benzene rings is 1. The van der Waals surface area contributed by atoms with Crippen LogP contribution in [0.5, 0.6) is 5.75 Å². The van der Waals surface area contributed by atoms with Crippen LogP contribution in [0.25, 0.3) is 12.2 Å². The molecule has 0 spiro atoms. The second-order valence-corrected chi connectivity index (χ2v) is 9.32. The van der Waals surface area contributed by atoms with E-state index in [1.807, 2.05) is 0 Å². The smallest absolute Gasteiger partial charge is 0.387 e. The third-order valence-electron chi connectivity index (χ3n) is 5.66. The monoisotopic (exact) mass is 508 g/mol. The Labute approximate surface area is 206 Å². The topological polar surface area (TPSA) is 86.6 Å². The van der Waals surface area contributed by atoms with Crippen LogP contribution in [-0.4, -0.2) is 35.7 Å². The number of aromatic nitrogens is 1. The van der Waals surface area contributed by atoms with Crippen molar-refractivity contribution in [3.63, 3.8) is 0 Å². The van der Waals surface area contributed by atoms with Crippen LogP contribution in [0.15, 0.2) is 29.1 Å². The molecule has 0 saturated heterocycles. The average molecular weight is 509 g/mol. The van der Waals surface area contributed by atoms with Gasteiger partial charge in [-0.1, -0.05) is 50.3 Å². The number of carbonyl (C=O) groups excluding carboxylic acids is 2. The van der Waals surface area contributed by atoms with Crippen molar-refractivity contribution >= 4 is 35.4 Å². The van der Waals surface area contributed by atoms with Crippen molar-refractivity contribution in [2.45, 2.75) is 71.1 Å². The molecule has 2 aromatic rings. The predicted molar refractivity (Wildman–Crippen MR) is 130 cm³/mol. The highest BCUT2D eigenvalue weighted by molar-refractivity contribution is 7.07. The maximum Gasteiger partial charge on any atom is 0.387 e. The van der Waals surface area contributed by atoms with Gasteiger partial charge in [0.1, 0.15) is 17.0 Å². The van der Waals surface area contributed by atoms with E-state index >= 15 is 0 Å². The zero-order valence-electron chi connectivity index (χ0n) is 19.6. The fraction of sp³-hybridized carbons (Fsp3) is 0.480. The van der Waals surface area contributed by atoms with Crippen molar-refractivity contribution in [3.8, 4) is 5.75 Å². The molecule has 7 nitrogen and oxygen atoms in total. The molecule has 1 fully saturated rings. The molecule has 1 N–H and O–H groups in total. The summed E-state index contributed by atoms with van der Waals surface area (Å²) in [6.45, 7) is -1.46. The molecule has 0 atom stereocenters. The van der Waals surface area contributed by atoms with Crippen molar-refractivity contribution < 1.29 is 27.8 Å². The van der Waals surface area contributed by atoms with E-state index in [0.29, 0.717) is 0 Å². The fourth-order valence-electron chi connectivity index (χ4n) is 4.04. The van der Waals surface area contributed by atoms with Crippen LogP contribution in [0.2, 0.25) is 0 Å². The van der Waals surface area contributed by atoms with E-state index in [2.05, 4.69) is 10.1 Å². The van der Waals surface area contributed by atoms with Crippen molar-refractivity contribution in [2.24, 2.45) is 0 Å². The number of hydrogen-bond donors (Lipinski definition) is 1. The Bertz CT molecular complexity index is 1180. The standard InChI is InChI=1S/C25H30F2N2O5S/c1-2-33-23(31)15-22-29(16-21(30)28-18-11-6-4-3-5-7-12-18)24(32)20(35-22)14-17-10-8-9-13-19(17)34-25(26)27/h8-10,13-15,18,25H,2-7,11-12,16H2,1H3,(H,28,30)/b20-14-,22-15-. The van der Waals surface area contributed by atoms with Gasteiger partial charge in [0.25, 0.3) is 5.56 Å². The lowest BCUT2D eigenvalue weighted by molar-refractivity contribution is -0.135. The summed E-state index contributed by atoms with van der Waals surface area (Å²) in [6, 6.07) is 6.14. The summed E-state index contributed by atoms with van der Waals surface area (Å²) in [7, 11) is 0. The lowest BCUT2D eigenvalue weighted by atomic mass is 9.97. The minimum atomic E-state index is -3.02. The SMILES string of the molecule is CCOC(=O)/C=c1\s/c(=C\c2ccccc2OC(F)F)c(=O)n1CC(=O)NC1CCCCCCC1. The quantitative estimate of drug-likeness (QED) is 0.555. The van der Waals surface area contributed by atoms with Crippen LogP contribution in [0.1, 0.15) is 57.4 Å². The molecule has 1 amide bonds. The lowest BCUT2D eigenvalue weighted by Gasteiger charge is -2.21. The maximum absolute atomic E-state index is 13.2. The summed E-state index contributed by atoms with van der Waals surface area (Å²) in [6.07, 6.45) is 9.96. The maximum atomic E-state index is 13.2. The minimum absolute atomic E-state index is 0.0547. The number of esters is 1. The van der Waals surface area contributed by atoms with Crippen molar-refractivity contribution in [1.29, 1.82) is 0 Å². The second kappa shape index (κ2) is 13.2. The first-order valence-electron chi connectivity index (χ1n) is 11.8. The summed E-state index contributed by atoms with van der Waals surface area (Å²) < 4.78 is 36.7. The Morgan fingerprint density at radius 3 is 2.54 bits per heavy atom. The van der Waals surface area contributed by atoms with Gasteiger partial charge in [0.2, 0.25) is 5.91 Å². The number of nitrogens with one attached hydrogen (secondary N) is 1. The molecule has 0 aliphatic heterocycles. The van der Waals surface area contributed by atoms with Gasteiger partial charge in [-0.25, -0.2) is 4.79 Å². The lowest BCUT2D eigenvalue weighted by Crippen LogP contribution is -2.42. The average Bonchev–Trinajstić information content (AvgIpc) is 3.05. The number of alkyl halides is 2. The van der Waals surface area contributed by atoms with Gasteiger partial charge >= 0.3 is 12.6 Å². The summed E-state index contributed by atoms with van der Waals surface area (Å²) >= 11 is 0.972. The van der Waals surface area contributed by atoms with Crippen LogP contribution in [-0.2, 0) is 20.9 Å². The molecule has 10 heteroatoms. The van der Waals surface area contributed by atoms with E-state index < -0.39 is 18.1 Å². The van der Waals surface area contributed by atoms with Crippen LogP contribution < -0.4 is 24.8 Å². The third-order valence-corrected chi connectivity index (χ3v) is 6.72. The fourth-order valence-corrected chi connectivity index (χ4v) is 5.06. The second-order valence-electron chi connectivity index (χ2n) is 8.26. The summed E-state index contributed by atoms with van der Waals surface area (Å²) in [5, 5.41) is 3.02. The number of halogens is 2. The van der Waals surface area contributed by atoms with Gasteiger partial charge in [0.05, 0.1) is 17.2 Å². The number of thiazole rings is 1. The van der Waals surface area contributed by atoms with Crippen molar-refractivity contribution in [1.82, 2.24) is 9.88 Å². The molecule has 1 heterocycles. The largest absolute Gasteiger partial charge is 0.463 e. The van der Waals surface area contributed by atoms with Gasteiger partial charge in [-0.3, -0.25) is 14.2 Å². The Morgan fingerprint density at radius 1 is 1.17 bits per heavy atom. The zero-order chi connectivity index (χ0) is 25.2. The Kier molecular flexibility index (Phi) is 10.0. The summed E-state index contributed by atoms with van der Waals surface area (Å²) in [5.74, 6) is -1.04. The highest BCUT2D eigenvalue weighted by Gasteiger charge is 2.17. The molecule has 0 bridgehead atoms. The van der Waals surface area contributed by atoms with Gasteiger partial charge in [0, 0.05) is 11.6 Å². The molecule has 0 unspecified atom stereocenters. The molecular formula is C25H30F2N2O5S. The van der Waals surface area contributed by atoms with E-state index in [1.54, 1.807) is 19.1 Å². The molecule has 1 aromatic carbocycles. The van der Waals surface area contributed by atoms with Gasteiger partial charge in [-0.05, 0) is 31.9 Å². The highest BCUT2D eigenvalue weighted by atomic mass is 32.1. The zero-order valence-corrected chi connectivity index (χ0v) is 20.5. The van der Waals surface area contributed by atoms with Crippen molar-refractivity contribution in [3.05, 3.63) is 49.4 Å². The van der Waals surface area contributed by atoms with E-state index in [4.69, 9.17) is 4.74 Å². The third kappa shape index (κ3) is 8.02. The van der Waals surface area contributed by atoms with E-state index in [9.17, 15) is 23.2 Å². The van der Waals surface area contributed by atoms with Gasteiger partial charge < -0.3 is 14.8 Å². The molecule has 1 saturated carbocycles. The molecule has 0 radical (unpaired) electrons. The highest BCUT2D eigenvalue weighted by Crippen LogP contribution is 2.20. The molecular weight excluding hydrogens is 478 g/mol.